The fraction of sp³-hybridized carbons (Fsp3) is 0.250. The van der Waals surface area contributed by atoms with E-state index in [1.165, 1.54) is 5.56 Å². The van der Waals surface area contributed by atoms with Gasteiger partial charge in [0.05, 0.1) is 0 Å². The summed E-state index contributed by atoms with van der Waals surface area (Å²) in [6.07, 6.45) is 1.13. The first-order valence-electron chi connectivity index (χ1n) is 3.03. The first-order valence-corrected chi connectivity index (χ1v) is 4.15. The zero-order chi connectivity index (χ0) is 6.53. The Morgan fingerprint density at radius 1 is 1.10 bits per heavy atom. The molecule has 0 nitrogen and oxygen atoms in total. The number of hydrogen-bond donors (Lipinski definition) is 0. The molecule has 0 heterocycles. The van der Waals surface area contributed by atoms with Crippen LogP contribution in [-0.2, 0) is 6.42 Å². The quantitative estimate of drug-likeness (QED) is 0.516. The van der Waals surface area contributed by atoms with Crippen LogP contribution in [0.15, 0.2) is 30.3 Å². The average Bonchev–Trinajstić information content (AvgIpc) is 1.91. The zero-order valence-corrected chi connectivity index (χ0v) is 9.76. The number of alkyl halides is 1. The molecule has 0 saturated carbocycles. The van der Waals surface area contributed by atoms with Crippen molar-refractivity contribution < 1.29 is 0 Å². The van der Waals surface area contributed by atoms with Crippen LogP contribution < -0.4 is 0 Å². The van der Waals surface area contributed by atoms with Crippen LogP contribution in [0.1, 0.15) is 5.56 Å². The van der Waals surface area contributed by atoms with Crippen LogP contribution in [0.5, 0.6) is 0 Å². The van der Waals surface area contributed by atoms with Crippen molar-refractivity contribution in [2.75, 3.05) is 5.33 Å². The van der Waals surface area contributed by atoms with Crippen molar-refractivity contribution in [3.05, 3.63) is 35.9 Å². The first-order chi connectivity index (χ1) is 4.43. The molecule has 10 heavy (non-hydrogen) atoms. The van der Waals surface area contributed by atoms with Gasteiger partial charge < -0.3 is 0 Å². The second kappa shape index (κ2) is 6.41. The number of aryl methyl sites for hydroxylation is 1. The van der Waals surface area contributed by atoms with Crippen molar-refractivity contribution in [2.24, 2.45) is 0 Å². The fourth-order valence-electron chi connectivity index (χ4n) is 0.754. The fourth-order valence-corrected chi connectivity index (χ4v) is 1.21. The molecule has 0 aromatic heterocycles. The maximum atomic E-state index is 3.39. The molecule has 0 bridgehead atoms. The Bertz CT molecular complexity index is 162. The Balaban J connectivity index is 0.000000810. The summed E-state index contributed by atoms with van der Waals surface area (Å²) in [5.74, 6) is 0. The third-order valence-corrected chi connectivity index (χ3v) is 1.62. The molecule has 0 amide bonds. The molecule has 0 fully saturated rings. The van der Waals surface area contributed by atoms with Crippen molar-refractivity contribution in [2.45, 2.75) is 6.42 Å². The van der Waals surface area contributed by atoms with Crippen molar-refractivity contribution in [3.63, 3.8) is 0 Å². The van der Waals surface area contributed by atoms with Gasteiger partial charge in [0.25, 0.3) is 0 Å². The number of halogens is 1. The van der Waals surface area contributed by atoms with E-state index in [1.807, 2.05) is 6.07 Å². The summed E-state index contributed by atoms with van der Waals surface area (Å²) in [7, 11) is 0. The minimum absolute atomic E-state index is 0. The molecule has 1 radical (unpaired) electrons. The maximum Gasteiger partial charge on any atom is 0.00718 e. The monoisotopic (exact) mass is 207 g/mol. The predicted octanol–water partition coefficient (Wildman–Crippen LogP) is 2.24. The van der Waals surface area contributed by atoms with Crippen molar-refractivity contribution in [1.82, 2.24) is 0 Å². The molecule has 0 N–H and O–H groups in total. The van der Waals surface area contributed by atoms with Crippen molar-refractivity contribution in [3.8, 4) is 0 Å². The van der Waals surface area contributed by atoms with E-state index in [0.717, 1.165) is 11.8 Å². The number of benzene rings is 1. The number of hydrogen-bond acceptors (Lipinski definition) is 0. The van der Waals surface area contributed by atoms with E-state index in [0.29, 0.717) is 0 Å². The van der Waals surface area contributed by atoms with Crippen LogP contribution in [0.4, 0.5) is 0 Å². The van der Waals surface area contributed by atoms with Crippen LogP contribution in [0.2, 0.25) is 0 Å². The summed E-state index contributed by atoms with van der Waals surface area (Å²) < 4.78 is 0. The van der Waals surface area contributed by atoms with E-state index >= 15 is 0 Å². The summed E-state index contributed by atoms with van der Waals surface area (Å²) in [5.41, 5.74) is 1.40. The molecular weight excluding hydrogens is 199 g/mol. The predicted molar refractivity (Wildman–Crippen MR) is 49.7 cm³/mol. The average molecular weight is 208 g/mol. The first kappa shape index (κ1) is 10.7. The van der Waals surface area contributed by atoms with Gasteiger partial charge in [-0.2, -0.15) is 0 Å². The van der Waals surface area contributed by atoms with Crippen LogP contribution in [0.25, 0.3) is 0 Å². The van der Waals surface area contributed by atoms with Gasteiger partial charge in [-0.15, -0.1) is 0 Å². The van der Waals surface area contributed by atoms with Crippen molar-refractivity contribution in [1.29, 1.82) is 0 Å². The summed E-state index contributed by atoms with van der Waals surface area (Å²) in [5, 5.41) is 1.05. The molecule has 0 aliphatic rings. The smallest absolute Gasteiger partial charge is 0.00718 e. The molecule has 2 heteroatoms. The third-order valence-electron chi connectivity index (χ3n) is 1.23. The molecule has 0 aliphatic carbocycles. The van der Waals surface area contributed by atoms with Crippen LogP contribution in [0.3, 0.4) is 0 Å². The van der Waals surface area contributed by atoms with Gasteiger partial charge >= 0.3 is 0 Å². The van der Waals surface area contributed by atoms with Gasteiger partial charge in [0.2, 0.25) is 0 Å². The van der Waals surface area contributed by atoms with E-state index in [-0.39, 0.29) is 29.6 Å². The van der Waals surface area contributed by atoms with Gasteiger partial charge in [-0.1, -0.05) is 46.3 Å². The standard InChI is InChI=1S/C8H9Br.Na/c9-7-6-8-4-2-1-3-5-8;/h1-5H,6-7H2;. The third kappa shape index (κ3) is 3.77. The van der Waals surface area contributed by atoms with Gasteiger partial charge in [0.15, 0.2) is 0 Å². The van der Waals surface area contributed by atoms with E-state index in [2.05, 4.69) is 40.2 Å². The summed E-state index contributed by atoms with van der Waals surface area (Å²) in [4.78, 5) is 0. The molecule has 0 saturated heterocycles. The molecule has 0 aliphatic heterocycles. The molecule has 0 atom stereocenters. The molecule has 1 rings (SSSR count). The van der Waals surface area contributed by atoms with Gasteiger partial charge in [-0.25, -0.2) is 0 Å². The minimum atomic E-state index is 0. The Morgan fingerprint density at radius 3 is 2.20 bits per heavy atom. The Kier molecular flexibility index (Phi) is 6.86. The van der Waals surface area contributed by atoms with E-state index in [4.69, 9.17) is 0 Å². The maximum absolute atomic E-state index is 3.39. The summed E-state index contributed by atoms with van der Waals surface area (Å²) in [6, 6.07) is 10.5. The molecule has 1 aromatic rings. The van der Waals surface area contributed by atoms with Gasteiger partial charge in [-0.3, -0.25) is 0 Å². The summed E-state index contributed by atoms with van der Waals surface area (Å²) in [6.45, 7) is 0. The van der Waals surface area contributed by atoms with Crippen LogP contribution in [0, 0.1) is 0 Å². The SMILES string of the molecule is BrCCc1ccccc1.[Na]. The second-order valence-corrected chi connectivity index (χ2v) is 2.72. The summed E-state index contributed by atoms with van der Waals surface area (Å²) >= 11 is 3.39. The van der Waals surface area contributed by atoms with Crippen molar-refractivity contribution >= 4 is 45.5 Å². The van der Waals surface area contributed by atoms with E-state index < -0.39 is 0 Å². The van der Waals surface area contributed by atoms with Gasteiger partial charge in [0, 0.05) is 34.9 Å². The normalized spacial score (nSPS) is 8.50. The molecule has 49 valence electrons. The molecule has 0 spiro atoms. The Hall–Kier alpha value is 0.700. The largest absolute Gasteiger partial charge is 0.0924 e. The molecule has 0 unspecified atom stereocenters. The van der Waals surface area contributed by atoms with E-state index in [9.17, 15) is 0 Å². The number of rotatable bonds is 2. The van der Waals surface area contributed by atoms with Crippen LogP contribution >= 0.6 is 15.9 Å². The van der Waals surface area contributed by atoms with Gasteiger partial charge in [0.1, 0.15) is 0 Å². The second-order valence-electron chi connectivity index (χ2n) is 1.92. The topological polar surface area (TPSA) is 0 Å². The Labute approximate surface area is 92.4 Å². The zero-order valence-electron chi connectivity index (χ0n) is 6.18. The minimum Gasteiger partial charge on any atom is -0.0924 e. The van der Waals surface area contributed by atoms with E-state index in [1.54, 1.807) is 0 Å². The van der Waals surface area contributed by atoms with Crippen LogP contribution in [-0.4, -0.2) is 34.9 Å². The van der Waals surface area contributed by atoms with Gasteiger partial charge in [-0.05, 0) is 12.0 Å². The molecule has 1 aromatic carbocycles. The molecular formula is C8H9BrNa. The Morgan fingerprint density at radius 2 is 1.70 bits per heavy atom.